The van der Waals surface area contributed by atoms with Crippen molar-refractivity contribution in [2.75, 3.05) is 25.0 Å². The summed E-state index contributed by atoms with van der Waals surface area (Å²) in [6.45, 7) is 2.85. The minimum Gasteiger partial charge on any atom is -0.372 e. The van der Waals surface area contributed by atoms with Gasteiger partial charge < -0.3 is 9.80 Å². The number of hydrogen-bond acceptors (Lipinski definition) is 3. The van der Waals surface area contributed by atoms with Crippen LogP contribution in [0.4, 0.5) is 5.69 Å². The molecule has 1 aliphatic heterocycles. The maximum atomic E-state index is 12.8. The number of piperidine rings is 1. The number of carbonyl (C=O) groups is 1. The van der Waals surface area contributed by atoms with Crippen molar-refractivity contribution in [1.82, 2.24) is 15.1 Å². The van der Waals surface area contributed by atoms with Gasteiger partial charge >= 0.3 is 0 Å². The van der Waals surface area contributed by atoms with E-state index in [0.717, 1.165) is 29.9 Å². The molecule has 1 fully saturated rings. The van der Waals surface area contributed by atoms with Crippen LogP contribution in [0.5, 0.6) is 0 Å². The van der Waals surface area contributed by atoms with Crippen molar-refractivity contribution in [2.45, 2.75) is 25.8 Å². The second-order valence-corrected chi connectivity index (χ2v) is 7.41. The van der Waals surface area contributed by atoms with Crippen molar-refractivity contribution in [3.05, 3.63) is 71.9 Å². The number of H-pyrrole nitrogens is 1. The van der Waals surface area contributed by atoms with Gasteiger partial charge in [0.2, 0.25) is 0 Å². The Morgan fingerprint density at radius 2 is 1.75 bits per heavy atom. The molecule has 1 saturated heterocycles. The summed E-state index contributed by atoms with van der Waals surface area (Å²) in [5, 5.41) is 7.16. The van der Waals surface area contributed by atoms with E-state index in [0.29, 0.717) is 12.2 Å². The van der Waals surface area contributed by atoms with Gasteiger partial charge in [0.25, 0.3) is 5.91 Å². The zero-order valence-electron chi connectivity index (χ0n) is 16.3. The minimum absolute atomic E-state index is 0.0604. The fourth-order valence-electron chi connectivity index (χ4n) is 3.70. The monoisotopic (exact) mass is 374 g/mol. The summed E-state index contributed by atoms with van der Waals surface area (Å²) in [4.78, 5) is 16.9. The Hall–Kier alpha value is -3.08. The zero-order chi connectivity index (χ0) is 19.3. The lowest BCUT2D eigenvalue weighted by Crippen LogP contribution is -2.29. The van der Waals surface area contributed by atoms with E-state index in [9.17, 15) is 4.79 Å². The van der Waals surface area contributed by atoms with Gasteiger partial charge in [0.05, 0.1) is 5.69 Å². The highest BCUT2D eigenvalue weighted by Crippen LogP contribution is 2.21. The molecule has 0 spiro atoms. The molecule has 0 bridgehead atoms. The Kier molecular flexibility index (Phi) is 5.42. The number of nitrogens with zero attached hydrogens (tertiary/aromatic N) is 3. The van der Waals surface area contributed by atoms with Gasteiger partial charge in [-0.3, -0.25) is 9.89 Å². The molecule has 3 aromatic rings. The van der Waals surface area contributed by atoms with Crippen LogP contribution in [0.25, 0.3) is 11.3 Å². The molecule has 4 rings (SSSR count). The summed E-state index contributed by atoms with van der Waals surface area (Å²) >= 11 is 0. The van der Waals surface area contributed by atoms with Crippen LogP contribution in [0.1, 0.15) is 35.3 Å². The first-order valence-corrected chi connectivity index (χ1v) is 9.91. The van der Waals surface area contributed by atoms with Crippen LogP contribution in [0.3, 0.4) is 0 Å². The molecular formula is C23H26N4O. The van der Waals surface area contributed by atoms with Crippen LogP contribution in [-0.2, 0) is 6.54 Å². The third kappa shape index (κ3) is 4.09. The van der Waals surface area contributed by atoms with Gasteiger partial charge in [0.1, 0.15) is 5.69 Å². The molecular weight excluding hydrogens is 348 g/mol. The van der Waals surface area contributed by atoms with Gasteiger partial charge in [0.15, 0.2) is 0 Å². The van der Waals surface area contributed by atoms with Crippen LogP contribution < -0.4 is 4.90 Å². The Balaban J connectivity index is 1.40. The number of rotatable bonds is 5. The molecule has 5 nitrogen and oxygen atoms in total. The molecule has 0 radical (unpaired) electrons. The zero-order valence-corrected chi connectivity index (χ0v) is 16.3. The molecule has 1 amide bonds. The standard InChI is InChI=1S/C23H26N4O/c1-26(17-18-10-12-20(13-11-18)27-14-6-3-7-15-27)23(28)22-16-21(24-25-22)19-8-4-2-5-9-19/h2,4-5,8-13,16H,3,6-7,14-15,17H2,1H3,(H,24,25). The van der Waals surface area contributed by atoms with E-state index in [1.165, 1.54) is 24.9 Å². The summed E-state index contributed by atoms with van der Waals surface area (Å²) in [7, 11) is 1.82. The molecule has 2 heterocycles. The van der Waals surface area contributed by atoms with Gasteiger partial charge in [-0.25, -0.2) is 0 Å². The van der Waals surface area contributed by atoms with Crippen molar-refractivity contribution in [1.29, 1.82) is 0 Å². The van der Waals surface area contributed by atoms with E-state index in [-0.39, 0.29) is 5.91 Å². The summed E-state index contributed by atoms with van der Waals surface area (Å²) < 4.78 is 0. The molecule has 28 heavy (non-hydrogen) atoms. The predicted octanol–water partition coefficient (Wildman–Crippen LogP) is 4.34. The number of aromatic nitrogens is 2. The summed E-state index contributed by atoms with van der Waals surface area (Å²) in [5.74, 6) is -0.0604. The van der Waals surface area contributed by atoms with Crippen molar-refractivity contribution in [2.24, 2.45) is 0 Å². The first-order valence-electron chi connectivity index (χ1n) is 9.91. The van der Waals surface area contributed by atoms with E-state index in [2.05, 4.69) is 39.4 Å². The number of amides is 1. The second-order valence-electron chi connectivity index (χ2n) is 7.41. The van der Waals surface area contributed by atoms with Gasteiger partial charge in [-0.2, -0.15) is 5.10 Å². The third-order valence-electron chi connectivity index (χ3n) is 5.30. The number of aromatic amines is 1. The summed E-state index contributed by atoms with van der Waals surface area (Å²) in [6.07, 6.45) is 3.88. The Bertz CT molecular complexity index is 911. The molecule has 1 aliphatic rings. The molecule has 1 aromatic heterocycles. The van der Waals surface area contributed by atoms with Gasteiger partial charge in [0, 0.05) is 37.9 Å². The minimum atomic E-state index is -0.0604. The largest absolute Gasteiger partial charge is 0.372 e. The van der Waals surface area contributed by atoms with E-state index in [1.54, 1.807) is 4.90 Å². The maximum absolute atomic E-state index is 12.8. The highest BCUT2D eigenvalue weighted by atomic mass is 16.2. The van der Waals surface area contributed by atoms with Gasteiger partial charge in [-0.1, -0.05) is 42.5 Å². The molecule has 0 saturated carbocycles. The van der Waals surface area contributed by atoms with Crippen molar-refractivity contribution in [3.63, 3.8) is 0 Å². The fraction of sp³-hybridized carbons (Fsp3) is 0.304. The number of anilines is 1. The fourth-order valence-corrected chi connectivity index (χ4v) is 3.70. The number of benzene rings is 2. The lowest BCUT2D eigenvalue weighted by molar-refractivity contribution is 0.0779. The highest BCUT2D eigenvalue weighted by molar-refractivity contribution is 5.93. The lowest BCUT2D eigenvalue weighted by Gasteiger charge is -2.29. The normalized spacial score (nSPS) is 14.1. The molecule has 144 valence electrons. The third-order valence-corrected chi connectivity index (χ3v) is 5.30. The first kappa shape index (κ1) is 18.3. The van der Waals surface area contributed by atoms with Crippen LogP contribution in [0.15, 0.2) is 60.7 Å². The van der Waals surface area contributed by atoms with E-state index in [4.69, 9.17) is 0 Å². The Morgan fingerprint density at radius 3 is 2.46 bits per heavy atom. The number of hydrogen-bond donors (Lipinski definition) is 1. The van der Waals surface area contributed by atoms with E-state index >= 15 is 0 Å². The smallest absolute Gasteiger partial charge is 0.271 e. The molecule has 0 atom stereocenters. The highest BCUT2D eigenvalue weighted by Gasteiger charge is 2.16. The number of carbonyl (C=O) groups excluding carboxylic acids is 1. The molecule has 1 N–H and O–H groups in total. The Morgan fingerprint density at radius 1 is 1.04 bits per heavy atom. The second kappa shape index (κ2) is 8.30. The number of nitrogens with one attached hydrogen (secondary N) is 1. The van der Waals surface area contributed by atoms with Crippen LogP contribution >= 0.6 is 0 Å². The van der Waals surface area contributed by atoms with Crippen molar-refractivity contribution >= 4 is 11.6 Å². The van der Waals surface area contributed by atoms with E-state index in [1.807, 2.05) is 43.4 Å². The average Bonchev–Trinajstić information content (AvgIpc) is 3.25. The molecule has 2 aromatic carbocycles. The van der Waals surface area contributed by atoms with Crippen molar-refractivity contribution in [3.8, 4) is 11.3 Å². The van der Waals surface area contributed by atoms with Crippen LogP contribution in [0.2, 0.25) is 0 Å². The van der Waals surface area contributed by atoms with E-state index < -0.39 is 0 Å². The van der Waals surface area contributed by atoms with Crippen LogP contribution in [0, 0.1) is 0 Å². The SMILES string of the molecule is CN(Cc1ccc(N2CCCCC2)cc1)C(=O)c1cc(-c2ccccc2)n[nH]1. The first-order chi connectivity index (χ1) is 13.7. The predicted molar refractivity (Wildman–Crippen MR) is 112 cm³/mol. The van der Waals surface area contributed by atoms with Gasteiger partial charge in [-0.05, 0) is 43.0 Å². The summed E-state index contributed by atoms with van der Waals surface area (Å²) in [6, 6.07) is 20.3. The van der Waals surface area contributed by atoms with Crippen molar-refractivity contribution < 1.29 is 4.79 Å². The quantitative estimate of drug-likeness (QED) is 0.723. The topological polar surface area (TPSA) is 52.2 Å². The van der Waals surface area contributed by atoms with Gasteiger partial charge in [-0.15, -0.1) is 0 Å². The molecule has 0 unspecified atom stereocenters. The average molecular weight is 374 g/mol. The molecule has 5 heteroatoms. The van der Waals surface area contributed by atoms with Crippen LogP contribution in [-0.4, -0.2) is 41.1 Å². The lowest BCUT2D eigenvalue weighted by atomic mass is 10.1. The Labute approximate surface area is 166 Å². The maximum Gasteiger partial charge on any atom is 0.271 e. The summed E-state index contributed by atoms with van der Waals surface area (Å²) in [5.41, 5.74) is 4.68. The molecule has 0 aliphatic carbocycles.